The molecule has 0 rings (SSSR count). The van der Waals surface area contributed by atoms with Gasteiger partial charge in [-0.25, -0.2) is 0 Å². The summed E-state index contributed by atoms with van der Waals surface area (Å²) >= 11 is 0. The van der Waals surface area contributed by atoms with E-state index in [2.05, 4.69) is 51.0 Å². The molecule has 0 aliphatic rings. The normalized spacial score (nSPS) is 9.40. The Morgan fingerprint density at radius 3 is 1.73 bits per heavy atom. The second-order valence-corrected chi connectivity index (χ2v) is 6.14. The Morgan fingerprint density at radius 1 is 0.967 bits per heavy atom. The molecule has 8 N–H and O–H groups in total. The maximum absolute atomic E-state index is 11.6. The van der Waals surface area contributed by atoms with Crippen LogP contribution in [-0.2, 0) is 37.7 Å². The van der Waals surface area contributed by atoms with E-state index in [9.17, 15) is 14.4 Å². The van der Waals surface area contributed by atoms with Gasteiger partial charge >= 0.3 is 18.6 Å². The van der Waals surface area contributed by atoms with Crippen molar-refractivity contribution in [1.29, 1.82) is 0 Å². The zero-order valence-electron chi connectivity index (χ0n) is 19.2. The van der Waals surface area contributed by atoms with Crippen molar-refractivity contribution in [3.8, 4) is 0 Å². The molecule has 0 aromatic heterocycles. The molecule has 10 heteroatoms. The largest absolute Gasteiger partial charge is 2.00 e. The zero-order valence-corrected chi connectivity index (χ0v) is 20.6. The third-order valence-electron chi connectivity index (χ3n) is 2.77. The minimum Gasteiger partial charge on any atom is -0.543 e. The number of hydrogen-bond acceptors (Lipinski definition) is 5. The predicted octanol–water partition coefficient (Wildman–Crippen LogP) is 0.906. The molecule has 0 aromatic rings. The van der Waals surface area contributed by atoms with Gasteiger partial charge in [-0.05, 0) is 19.3 Å². The molecule has 0 aromatic carbocycles. The number of hydrogen-bond donors (Lipinski definition) is 5. The molecule has 0 saturated heterocycles. The Bertz CT molecular complexity index is 397. The van der Waals surface area contributed by atoms with Gasteiger partial charge in [0, 0.05) is 19.5 Å². The van der Waals surface area contributed by atoms with E-state index in [0.29, 0.717) is 19.5 Å². The minimum absolute atomic E-state index is 0. The maximum atomic E-state index is 11.6. The van der Waals surface area contributed by atoms with Crippen molar-refractivity contribution in [1.82, 2.24) is 10.6 Å². The third-order valence-corrected chi connectivity index (χ3v) is 2.77. The van der Waals surface area contributed by atoms with Crippen LogP contribution >= 0.6 is 0 Å². The Kier molecular flexibility index (Phi) is 45.3. The average molecular weight is 469 g/mol. The van der Waals surface area contributed by atoms with E-state index in [-0.39, 0.29) is 43.3 Å². The fourth-order valence-electron chi connectivity index (χ4n) is 1.53. The van der Waals surface area contributed by atoms with E-state index >= 15 is 0 Å². The van der Waals surface area contributed by atoms with Crippen LogP contribution in [0.1, 0.15) is 72.6 Å². The van der Waals surface area contributed by atoms with Gasteiger partial charge in [-0.15, -0.1) is 0 Å². The number of nitrogens with one attached hydrogen (secondary N) is 2. The van der Waals surface area contributed by atoms with Crippen molar-refractivity contribution < 1.29 is 37.7 Å². The van der Waals surface area contributed by atoms with Gasteiger partial charge in [0.05, 0.1) is 6.54 Å². The second kappa shape index (κ2) is 34.9. The molecular formula is C20H43N5O4V. The second-order valence-electron chi connectivity index (χ2n) is 6.14. The van der Waals surface area contributed by atoms with Crippen molar-refractivity contribution in [2.75, 3.05) is 19.6 Å². The molecule has 0 saturated carbocycles. The Morgan fingerprint density at radius 2 is 1.37 bits per heavy atom. The topological polar surface area (TPSA) is 170 Å². The molecule has 0 aliphatic heterocycles. The molecule has 1 atom stereocenters. The van der Waals surface area contributed by atoms with Gasteiger partial charge in [0.25, 0.3) is 0 Å². The van der Waals surface area contributed by atoms with Crippen LogP contribution in [0.5, 0.6) is 0 Å². The van der Waals surface area contributed by atoms with Crippen molar-refractivity contribution in [3.63, 3.8) is 0 Å². The number of carbonyl (C=O) groups is 3. The first-order valence-corrected chi connectivity index (χ1v) is 10.1. The number of rotatable bonds is 11. The Labute approximate surface area is 194 Å². The first-order valence-electron chi connectivity index (χ1n) is 10.1. The molecule has 0 heterocycles. The van der Waals surface area contributed by atoms with E-state index in [1.165, 1.54) is 12.8 Å². The van der Waals surface area contributed by atoms with Crippen LogP contribution in [-0.4, -0.2) is 43.8 Å². The number of unbranched alkanes of at least 4 members (excludes halogenated alkanes) is 2. The molecule has 9 nitrogen and oxygen atoms in total. The summed E-state index contributed by atoms with van der Waals surface area (Å²) in [5.74, 6) is -1.20. The van der Waals surface area contributed by atoms with Crippen molar-refractivity contribution >= 4 is 24.1 Å². The number of nitrogens with two attached hydrogens (primary N) is 3. The molecule has 0 fully saturated rings. The average Bonchev–Trinajstić information content (AvgIpc) is 2.66. The van der Waals surface area contributed by atoms with E-state index in [0.717, 1.165) is 25.7 Å². The van der Waals surface area contributed by atoms with Crippen molar-refractivity contribution in [2.24, 2.45) is 23.1 Å². The van der Waals surface area contributed by atoms with Crippen molar-refractivity contribution in [3.05, 3.63) is 6.92 Å². The van der Waals surface area contributed by atoms with Gasteiger partial charge < -0.3 is 39.6 Å². The van der Waals surface area contributed by atoms with Crippen LogP contribution in [0.15, 0.2) is 0 Å². The van der Waals surface area contributed by atoms with Gasteiger partial charge in [-0.2, -0.15) is 6.41 Å². The number of carbonyl (C=O) groups excluding carboxylic acids is 4. The third kappa shape index (κ3) is 45.3. The minimum atomic E-state index is -0.452. The molecular weight excluding hydrogens is 425 g/mol. The van der Waals surface area contributed by atoms with Crippen LogP contribution in [0, 0.1) is 12.8 Å². The van der Waals surface area contributed by atoms with Crippen molar-refractivity contribution in [2.45, 2.75) is 72.6 Å². The van der Waals surface area contributed by atoms with Gasteiger partial charge in [0.2, 0.25) is 11.8 Å². The summed E-state index contributed by atoms with van der Waals surface area (Å²) in [6, 6.07) is 0. The number of amides is 4. The van der Waals surface area contributed by atoms with Gasteiger partial charge in [-0.1, -0.05) is 52.9 Å². The van der Waals surface area contributed by atoms with Gasteiger partial charge in [0.15, 0.2) is 5.91 Å². The predicted molar refractivity (Wildman–Crippen MR) is 118 cm³/mol. The molecule has 1 radical (unpaired) electrons. The molecule has 4 amide bonds. The van der Waals surface area contributed by atoms with Crippen LogP contribution in [0.2, 0.25) is 0 Å². The summed E-state index contributed by atoms with van der Waals surface area (Å²) in [7, 11) is 0. The van der Waals surface area contributed by atoms with E-state index in [4.69, 9.17) is 16.3 Å². The van der Waals surface area contributed by atoms with Crippen LogP contribution in [0.25, 0.3) is 0 Å². The quantitative estimate of drug-likeness (QED) is 0.172. The first kappa shape index (κ1) is 39.0. The Hall–Kier alpha value is -1.58. The standard InChI is InChI=1S/C13H25N4O3.2C3H8.CH2NO.V/c1-10(5-6-11(15)18)13(20)17-8-4-2-3-7-16-12(19)9-14;2*1-3-2;2-1-3;/h10H,1-9,14H2,(H2,15,18)(H,16,19)(H,17,20);2*3H2,1-2H3;(H2,2,3);/q-1;;;-1;+2. The van der Waals surface area contributed by atoms with Gasteiger partial charge in [-0.3, -0.25) is 14.4 Å². The van der Waals surface area contributed by atoms with Crippen LogP contribution < -0.4 is 27.8 Å². The van der Waals surface area contributed by atoms with E-state index in [1.54, 1.807) is 0 Å². The molecule has 30 heavy (non-hydrogen) atoms. The first-order chi connectivity index (χ1) is 13.7. The van der Waals surface area contributed by atoms with Crippen LogP contribution in [0.3, 0.4) is 0 Å². The summed E-state index contributed by atoms with van der Waals surface area (Å²) in [5, 5.41) is 5.43. The molecule has 1 unspecified atom stereocenters. The summed E-state index contributed by atoms with van der Waals surface area (Å²) in [5.41, 5.74) is 14.2. The molecule has 0 bridgehead atoms. The van der Waals surface area contributed by atoms with Gasteiger partial charge in [0.1, 0.15) is 0 Å². The van der Waals surface area contributed by atoms with E-state index < -0.39 is 11.8 Å². The smallest absolute Gasteiger partial charge is 0.543 e. The summed E-state index contributed by atoms with van der Waals surface area (Å²) in [4.78, 5) is 41.5. The van der Waals surface area contributed by atoms with E-state index in [1.807, 2.05) is 0 Å². The fourth-order valence-corrected chi connectivity index (χ4v) is 1.53. The summed E-state index contributed by atoms with van der Waals surface area (Å²) in [6.07, 6.45) is 6.60. The van der Waals surface area contributed by atoms with Crippen LogP contribution in [0.4, 0.5) is 0 Å². The zero-order chi connectivity index (χ0) is 23.5. The SMILES string of the molecule is CCC.CCC.N[C-]=O.[CH2-]C(CCC(N)=O)C(=O)NCCCCCNC(=O)CN.[V+2]. The molecule has 0 aliphatic carbocycles. The maximum Gasteiger partial charge on any atom is 2.00 e. The molecule has 177 valence electrons. The summed E-state index contributed by atoms with van der Waals surface area (Å²) in [6.45, 7) is 13.4. The fraction of sp³-hybridized carbons (Fsp3) is 0.750. The molecule has 0 spiro atoms. The Balaban J connectivity index is -0.000000177. The summed E-state index contributed by atoms with van der Waals surface area (Å²) < 4.78 is 0. The number of primary amides is 2. The monoisotopic (exact) mass is 468 g/mol.